The molecule has 98 valence electrons. The molecule has 5 atom stereocenters. The molecule has 0 aromatic rings. The number of likely N-dealkylation sites (tertiary alicyclic amines) is 1. The number of carbonyl (C=O) groups is 3. The van der Waals surface area contributed by atoms with Gasteiger partial charge in [-0.15, -0.1) is 0 Å². The molecule has 1 heterocycles. The number of hydrogen-bond acceptors (Lipinski definition) is 3. The van der Waals surface area contributed by atoms with Gasteiger partial charge in [0.2, 0.25) is 11.8 Å². The largest absolute Gasteiger partial charge is 0.481 e. The van der Waals surface area contributed by atoms with E-state index in [4.69, 9.17) is 0 Å². The minimum absolute atomic E-state index is 0.147. The first-order valence-corrected chi connectivity index (χ1v) is 6.59. The van der Waals surface area contributed by atoms with Crippen LogP contribution in [0.15, 0.2) is 0 Å². The Morgan fingerprint density at radius 1 is 1.28 bits per heavy atom. The van der Waals surface area contributed by atoms with Crippen molar-refractivity contribution in [2.75, 3.05) is 0 Å². The second-order valence-corrected chi connectivity index (χ2v) is 5.89. The molecule has 2 saturated carbocycles. The van der Waals surface area contributed by atoms with Crippen LogP contribution in [0.3, 0.4) is 0 Å². The van der Waals surface area contributed by atoms with Crippen molar-refractivity contribution in [3.63, 3.8) is 0 Å². The molecule has 3 aliphatic rings. The second-order valence-electron chi connectivity index (χ2n) is 5.89. The average molecular weight is 251 g/mol. The first kappa shape index (κ1) is 11.7. The van der Waals surface area contributed by atoms with Gasteiger partial charge in [-0.2, -0.15) is 0 Å². The van der Waals surface area contributed by atoms with Crippen LogP contribution in [0.1, 0.15) is 32.6 Å². The molecule has 2 amide bonds. The first-order chi connectivity index (χ1) is 8.50. The number of hydrogen-bond donors (Lipinski definition) is 1. The predicted octanol–water partition coefficient (Wildman–Crippen LogP) is 0.881. The number of fused-ring (bicyclic) bond motifs is 2. The fourth-order valence-corrected chi connectivity index (χ4v) is 4.10. The quantitative estimate of drug-likeness (QED) is 0.739. The maximum Gasteiger partial charge on any atom is 0.308 e. The molecule has 0 aromatic carbocycles. The Balaban J connectivity index is 1.93. The zero-order chi connectivity index (χ0) is 13.0. The number of aliphatic carboxylic acids is 1. The number of carboxylic acids is 1. The van der Waals surface area contributed by atoms with Gasteiger partial charge in [-0.05, 0) is 31.1 Å². The summed E-state index contributed by atoms with van der Waals surface area (Å²) in [5.74, 6) is -1.69. The number of rotatable bonds is 2. The van der Waals surface area contributed by atoms with Gasteiger partial charge in [0.15, 0.2) is 0 Å². The van der Waals surface area contributed by atoms with Crippen LogP contribution in [-0.2, 0) is 14.4 Å². The van der Waals surface area contributed by atoms with Crippen LogP contribution < -0.4 is 0 Å². The van der Waals surface area contributed by atoms with E-state index in [9.17, 15) is 19.5 Å². The van der Waals surface area contributed by atoms with E-state index in [0.29, 0.717) is 0 Å². The molecule has 5 nitrogen and oxygen atoms in total. The SMILES string of the molecule is CC1CC(=O)N(C2C3CCC(C3)C2C(=O)O)C1=O. The zero-order valence-electron chi connectivity index (χ0n) is 10.3. The van der Waals surface area contributed by atoms with Crippen molar-refractivity contribution in [3.05, 3.63) is 0 Å². The minimum atomic E-state index is -0.854. The van der Waals surface area contributed by atoms with Crippen molar-refractivity contribution in [2.45, 2.75) is 38.6 Å². The summed E-state index contributed by atoms with van der Waals surface area (Å²) in [5, 5.41) is 9.36. The highest BCUT2D eigenvalue weighted by Gasteiger charge is 2.57. The third-order valence-corrected chi connectivity index (χ3v) is 4.86. The Hall–Kier alpha value is -1.39. The Kier molecular flexibility index (Phi) is 2.47. The van der Waals surface area contributed by atoms with Gasteiger partial charge >= 0.3 is 5.97 Å². The summed E-state index contributed by atoms with van der Waals surface area (Å²) in [6.07, 6.45) is 2.96. The molecule has 2 aliphatic carbocycles. The average Bonchev–Trinajstić information content (AvgIpc) is 2.94. The highest BCUT2D eigenvalue weighted by molar-refractivity contribution is 6.04. The van der Waals surface area contributed by atoms with Gasteiger partial charge in [0, 0.05) is 12.3 Å². The molecule has 0 radical (unpaired) electrons. The molecule has 2 bridgehead atoms. The predicted molar refractivity (Wildman–Crippen MR) is 61.4 cm³/mol. The van der Waals surface area contributed by atoms with Gasteiger partial charge in [-0.25, -0.2) is 0 Å². The van der Waals surface area contributed by atoms with E-state index in [1.165, 1.54) is 4.90 Å². The van der Waals surface area contributed by atoms with E-state index in [0.717, 1.165) is 19.3 Å². The van der Waals surface area contributed by atoms with Crippen LogP contribution in [0, 0.1) is 23.7 Å². The lowest BCUT2D eigenvalue weighted by atomic mass is 9.83. The monoisotopic (exact) mass is 251 g/mol. The van der Waals surface area contributed by atoms with Crippen molar-refractivity contribution in [1.29, 1.82) is 0 Å². The maximum atomic E-state index is 12.1. The van der Waals surface area contributed by atoms with Crippen molar-refractivity contribution in [2.24, 2.45) is 23.7 Å². The van der Waals surface area contributed by atoms with Crippen molar-refractivity contribution in [3.8, 4) is 0 Å². The fourth-order valence-electron chi connectivity index (χ4n) is 4.10. The maximum absolute atomic E-state index is 12.1. The van der Waals surface area contributed by atoms with Crippen molar-refractivity contribution >= 4 is 17.8 Å². The van der Waals surface area contributed by atoms with E-state index in [1.807, 2.05) is 0 Å². The zero-order valence-corrected chi connectivity index (χ0v) is 10.3. The summed E-state index contributed by atoms with van der Waals surface area (Å²) in [6, 6.07) is -0.383. The van der Waals surface area contributed by atoms with E-state index >= 15 is 0 Å². The molecule has 3 fully saturated rings. The van der Waals surface area contributed by atoms with Crippen LogP contribution in [-0.4, -0.2) is 33.8 Å². The Bertz CT molecular complexity index is 433. The van der Waals surface area contributed by atoms with Gasteiger partial charge in [0.1, 0.15) is 0 Å². The third-order valence-electron chi connectivity index (χ3n) is 4.86. The van der Waals surface area contributed by atoms with Crippen molar-refractivity contribution < 1.29 is 19.5 Å². The lowest BCUT2D eigenvalue weighted by Gasteiger charge is -2.34. The second kappa shape index (κ2) is 3.80. The number of imide groups is 1. The van der Waals surface area contributed by atoms with Crippen LogP contribution in [0.4, 0.5) is 0 Å². The topological polar surface area (TPSA) is 74.7 Å². The normalized spacial score (nSPS) is 42.9. The minimum Gasteiger partial charge on any atom is -0.481 e. The number of carboxylic acid groups (broad SMARTS) is 1. The molecule has 18 heavy (non-hydrogen) atoms. The van der Waals surface area contributed by atoms with Gasteiger partial charge in [0.05, 0.1) is 12.0 Å². The molecule has 1 saturated heterocycles. The Labute approximate surface area is 105 Å². The lowest BCUT2D eigenvalue weighted by Crippen LogP contribution is -2.49. The molecule has 3 rings (SSSR count). The lowest BCUT2D eigenvalue weighted by molar-refractivity contribution is -0.152. The van der Waals surface area contributed by atoms with Crippen molar-refractivity contribution in [1.82, 2.24) is 4.90 Å². The summed E-state index contributed by atoms with van der Waals surface area (Å²) < 4.78 is 0. The molecule has 5 heteroatoms. The van der Waals surface area contributed by atoms with Crippen LogP contribution >= 0.6 is 0 Å². The van der Waals surface area contributed by atoms with Gasteiger partial charge in [-0.1, -0.05) is 6.92 Å². The molecule has 1 aliphatic heterocycles. The van der Waals surface area contributed by atoms with E-state index in [1.54, 1.807) is 6.92 Å². The fraction of sp³-hybridized carbons (Fsp3) is 0.769. The summed E-state index contributed by atoms with van der Waals surface area (Å²) in [5.41, 5.74) is 0. The molecular weight excluding hydrogens is 234 g/mol. The molecule has 1 N–H and O–H groups in total. The van der Waals surface area contributed by atoms with E-state index in [-0.39, 0.29) is 42.0 Å². The molecular formula is C13H17NO4. The summed E-state index contributed by atoms with van der Waals surface area (Å²) in [7, 11) is 0. The number of amides is 2. The van der Waals surface area contributed by atoms with Gasteiger partial charge in [-0.3, -0.25) is 19.3 Å². The summed E-state index contributed by atoms with van der Waals surface area (Å²) in [4.78, 5) is 36.7. The van der Waals surface area contributed by atoms with E-state index < -0.39 is 11.9 Å². The summed E-state index contributed by atoms with van der Waals surface area (Å²) >= 11 is 0. The Morgan fingerprint density at radius 3 is 2.50 bits per heavy atom. The molecule has 0 spiro atoms. The highest BCUT2D eigenvalue weighted by atomic mass is 16.4. The third kappa shape index (κ3) is 1.42. The van der Waals surface area contributed by atoms with Crippen LogP contribution in [0.5, 0.6) is 0 Å². The van der Waals surface area contributed by atoms with Gasteiger partial charge < -0.3 is 5.11 Å². The standard InChI is InChI=1S/C13H17NO4/c1-6-4-9(15)14(12(6)16)11-8-3-2-7(5-8)10(11)13(17)18/h6-8,10-11H,2-5H2,1H3,(H,17,18). The molecule has 0 aromatic heterocycles. The first-order valence-electron chi connectivity index (χ1n) is 6.59. The summed E-state index contributed by atoms with van der Waals surface area (Å²) in [6.45, 7) is 1.74. The van der Waals surface area contributed by atoms with Crippen LogP contribution in [0.2, 0.25) is 0 Å². The van der Waals surface area contributed by atoms with Crippen LogP contribution in [0.25, 0.3) is 0 Å². The molecule has 5 unspecified atom stereocenters. The highest BCUT2D eigenvalue weighted by Crippen LogP contribution is 2.51. The Morgan fingerprint density at radius 2 is 1.94 bits per heavy atom. The smallest absolute Gasteiger partial charge is 0.308 e. The number of carbonyl (C=O) groups excluding carboxylic acids is 2. The van der Waals surface area contributed by atoms with Gasteiger partial charge in [0.25, 0.3) is 0 Å². The van der Waals surface area contributed by atoms with E-state index in [2.05, 4.69) is 0 Å². The number of nitrogens with zero attached hydrogens (tertiary/aromatic N) is 1.